The highest BCUT2D eigenvalue weighted by atomic mass is 35.5. The summed E-state index contributed by atoms with van der Waals surface area (Å²) in [6, 6.07) is 10.7. The third-order valence-electron chi connectivity index (χ3n) is 3.19. The van der Waals surface area contributed by atoms with Gasteiger partial charge in [-0.05, 0) is 49.8 Å². The normalized spacial score (nSPS) is 11.5. The lowest BCUT2D eigenvalue weighted by atomic mass is 10.1. The summed E-state index contributed by atoms with van der Waals surface area (Å²) in [4.78, 5) is 16.1. The summed E-state index contributed by atoms with van der Waals surface area (Å²) in [7, 11) is 0. The van der Waals surface area contributed by atoms with Crippen LogP contribution in [0.1, 0.15) is 19.4 Å². The molecule has 24 heavy (non-hydrogen) atoms. The minimum atomic E-state index is -0.459. The number of rotatable bonds is 6. The summed E-state index contributed by atoms with van der Waals surface area (Å²) in [6.45, 7) is 3.72. The molecule has 1 aromatic carbocycles. The van der Waals surface area contributed by atoms with Crippen LogP contribution < -0.4 is 10.6 Å². The van der Waals surface area contributed by atoms with E-state index in [1.165, 1.54) is 6.08 Å². The molecule has 0 unspecified atom stereocenters. The summed E-state index contributed by atoms with van der Waals surface area (Å²) in [5, 5.41) is 15.7. The van der Waals surface area contributed by atoms with Crippen LogP contribution in [0.25, 0.3) is 6.08 Å². The number of amides is 1. The predicted molar refractivity (Wildman–Crippen MR) is 98.1 cm³/mol. The fourth-order valence-electron chi connectivity index (χ4n) is 1.86. The zero-order chi connectivity index (χ0) is 17.6. The number of hydrogen-bond donors (Lipinski definition) is 3. The van der Waals surface area contributed by atoms with E-state index in [1.807, 2.05) is 26.0 Å². The highest BCUT2D eigenvalue weighted by Gasteiger charge is 2.15. The first-order valence-electron chi connectivity index (χ1n) is 7.48. The molecule has 126 valence electrons. The van der Waals surface area contributed by atoms with E-state index in [-0.39, 0.29) is 12.5 Å². The Hall–Kier alpha value is -2.37. The van der Waals surface area contributed by atoms with Gasteiger partial charge in [0.25, 0.3) is 0 Å². The zero-order valence-electron chi connectivity index (χ0n) is 13.6. The van der Waals surface area contributed by atoms with Crippen LogP contribution in [0.3, 0.4) is 0 Å². The number of benzene rings is 1. The molecule has 0 aliphatic rings. The van der Waals surface area contributed by atoms with Crippen molar-refractivity contribution in [3.05, 3.63) is 59.3 Å². The number of nitrogens with zero attached hydrogens (tertiary/aromatic N) is 1. The first-order chi connectivity index (χ1) is 11.4. The molecule has 2 rings (SSSR count). The standard InChI is InChI=1S/C18H20ClN3O2/c1-18(2,12-23)22-16-9-8-15(11-20-16)21-17(24)10-5-13-3-6-14(19)7-4-13/h3-11,23H,12H2,1-2H3,(H,20,22)(H,21,24)/b10-5+. The number of aliphatic hydroxyl groups is 1. The maximum Gasteiger partial charge on any atom is 0.248 e. The van der Waals surface area contributed by atoms with Crippen LogP contribution in [-0.4, -0.2) is 28.1 Å². The van der Waals surface area contributed by atoms with Gasteiger partial charge in [0.2, 0.25) is 5.91 Å². The number of halogens is 1. The molecule has 0 aliphatic heterocycles. The molecular weight excluding hydrogens is 326 g/mol. The second-order valence-corrected chi connectivity index (χ2v) is 6.41. The van der Waals surface area contributed by atoms with Crippen molar-refractivity contribution in [1.29, 1.82) is 0 Å². The van der Waals surface area contributed by atoms with Gasteiger partial charge in [0.15, 0.2) is 0 Å². The highest BCUT2D eigenvalue weighted by molar-refractivity contribution is 6.30. The van der Waals surface area contributed by atoms with Crippen LogP contribution in [0.5, 0.6) is 0 Å². The van der Waals surface area contributed by atoms with Crippen molar-refractivity contribution in [3.8, 4) is 0 Å². The van der Waals surface area contributed by atoms with Gasteiger partial charge in [0, 0.05) is 11.1 Å². The van der Waals surface area contributed by atoms with Crippen LogP contribution in [0, 0.1) is 0 Å². The number of pyridine rings is 1. The number of aromatic nitrogens is 1. The number of carbonyl (C=O) groups is 1. The van der Waals surface area contributed by atoms with Gasteiger partial charge in [-0.25, -0.2) is 4.98 Å². The SMILES string of the molecule is CC(C)(CO)Nc1ccc(NC(=O)/C=C/c2ccc(Cl)cc2)cn1. The maximum absolute atomic E-state index is 11.9. The van der Waals surface area contributed by atoms with Gasteiger partial charge >= 0.3 is 0 Å². The van der Waals surface area contributed by atoms with Crippen molar-refractivity contribution in [2.45, 2.75) is 19.4 Å². The molecule has 3 N–H and O–H groups in total. The van der Waals surface area contributed by atoms with Gasteiger partial charge in [-0.15, -0.1) is 0 Å². The zero-order valence-corrected chi connectivity index (χ0v) is 14.3. The second kappa shape index (κ2) is 7.95. The van der Waals surface area contributed by atoms with Gasteiger partial charge in [0.05, 0.1) is 24.0 Å². The summed E-state index contributed by atoms with van der Waals surface area (Å²) in [5.41, 5.74) is 1.02. The first-order valence-corrected chi connectivity index (χ1v) is 7.85. The van der Waals surface area contributed by atoms with Crippen LogP contribution >= 0.6 is 11.6 Å². The Balaban J connectivity index is 1.93. The van der Waals surface area contributed by atoms with E-state index in [9.17, 15) is 9.90 Å². The number of anilines is 2. The molecule has 0 aliphatic carbocycles. The minimum Gasteiger partial charge on any atom is -0.394 e. The van der Waals surface area contributed by atoms with Crippen molar-refractivity contribution in [1.82, 2.24) is 4.98 Å². The number of nitrogens with one attached hydrogen (secondary N) is 2. The smallest absolute Gasteiger partial charge is 0.248 e. The molecule has 0 saturated carbocycles. The van der Waals surface area contributed by atoms with E-state index in [1.54, 1.807) is 36.5 Å². The lowest BCUT2D eigenvalue weighted by Crippen LogP contribution is -2.35. The van der Waals surface area contributed by atoms with Crippen LogP contribution in [0.4, 0.5) is 11.5 Å². The molecule has 5 nitrogen and oxygen atoms in total. The molecule has 2 aromatic rings. The average Bonchev–Trinajstić information content (AvgIpc) is 2.56. The number of aliphatic hydroxyl groups excluding tert-OH is 1. The first kappa shape index (κ1) is 18.0. The second-order valence-electron chi connectivity index (χ2n) is 5.97. The minimum absolute atomic E-state index is 0.0112. The Bertz CT molecular complexity index is 710. The lowest BCUT2D eigenvalue weighted by molar-refractivity contribution is -0.111. The summed E-state index contributed by atoms with van der Waals surface area (Å²) < 4.78 is 0. The van der Waals surface area contributed by atoms with E-state index in [4.69, 9.17) is 11.6 Å². The molecule has 6 heteroatoms. The molecule has 0 spiro atoms. The van der Waals surface area contributed by atoms with Gasteiger partial charge < -0.3 is 15.7 Å². The summed E-state index contributed by atoms with van der Waals surface area (Å²) in [5.74, 6) is 0.381. The van der Waals surface area contributed by atoms with E-state index < -0.39 is 5.54 Å². The van der Waals surface area contributed by atoms with Crippen molar-refractivity contribution in [2.75, 3.05) is 17.2 Å². The number of hydrogen-bond acceptors (Lipinski definition) is 4. The van der Waals surface area contributed by atoms with Crippen LogP contribution in [0.2, 0.25) is 5.02 Å². The third-order valence-corrected chi connectivity index (χ3v) is 3.44. The Morgan fingerprint density at radius 2 is 1.96 bits per heavy atom. The Morgan fingerprint density at radius 1 is 1.25 bits per heavy atom. The molecule has 1 amide bonds. The van der Waals surface area contributed by atoms with Crippen LogP contribution in [-0.2, 0) is 4.79 Å². The van der Waals surface area contributed by atoms with E-state index in [0.29, 0.717) is 16.5 Å². The monoisotopic (exact) mass is 345 g/mol. The lowest BCUT2D eigenvalue weighted by Gasteiger charge is -2.24. The van der Waals surface area contributed by atoms with Crippen molar-refractivity contribution < 1.29 is 9.90 Å². The topological polar surface area (TPSA) is 74.2 Å². The van der Waals surface area contributed by atoms with Crippen molar-refractivity contribution in [2.24, 2.45) is 0 Å². The maximum atomic E-state index is 11.9. The highest BCUT2D eigenvalue weighted by Crippen LogP contribution is 2.15. The Labute approximate surface area is 146 Å². The van der Waals surface area contributed by atoms with E-state index in [2.05, 4.69) is 15.6 Å². The molecule has 1 aromatic heterocycles. The van der Waals surface area contributed by atoms with E-state index >= 15 is 0 Å². The summed E-state index contributed by atoms with van der Waals surface area (Å²) >= 11 is 5.81. The van der Waals surface area contributed by atoms with Gasteiger partial charge in [-0.3, -0.25) is 4.79 Å². The molecule has 0 saturated heterocycles. The molecule has 0 atom stereocenters. The Kier molecular flexibility index (Phi) is 5.95. The fourth-order valence-corrected chi connectivity index (χ4v) is 1.98. The van der Waals surface area contributed by atoms with E-state index in [0.717, 1.165) is 5.56 Å². The molecule has 0 bridgehead atoms. The molecule has 0 radical (unpaired) electrons. The quantitative estimate of drug-likeness (QED) is 0.700. The van der Waals surface area contributed by atoms with Gasteiger partial charge in [0.1, 0.15) is 5.82 Å². The van der Waals surface area contributed by atoms with Crippen LogP contribution in [0.15, 0.2) is 48.7 Å². The molecule has 0 fully saturated rings. The Morgan fingerprint density at radius 3 is 2.54 bits per heavy atom. The molecule has 1 heterocycles. The summed E-state index contributed by atoms with van der Waals surface area (Å²) in [6.07, 6.45) is 4.72. The van der Waals surface area contributed by atoms with Crippen molar-refractivity contribution in [3.63, 3.8) is 0 Å². The number of carbonyl (C=O) groups excluding carboxylic acids is 1. The largest absolute Gasteiger partial charge is 0.394 e. The third kappa shape index (κ3) is 5.68. The van der Waals surface area contributed by atoms with Gasteiger partial charge in [-0.1, -0.05) is 23.7 Å². The predicted octanol–water partition coefficient (Wildman–Crippen LogP) is 3.57. The van der Waals surface area contributed by atoms with Gasteiger partial charge in [-0.2, -0.15) is 0 Å². The fraction of sp³-hybridized carbons (Fsp3) is 0.222. The average molecular weight is 346 g/mol. The van der Waals surface area contributed by atoms with Crippen molar-refractivity contribution >= 4 is 35.1 Å². The molecular formula is C18H20ClN3O2.